The van der Waals surface area contributed by atoms with E-state index in [2.05, 4.69) is 25.6 Å². The van der Waals surface area contributed by atoms with Gasteiger partial charge in [0.1, 0.15) is 0 Å². The number of aryl methyl sites for hydroxylation is 1. The molecule has 0 bridgehead atoms. The maximum atomic E-state index is 5.35. The summed E-state index contributed by atoms with van der Waals surface area (Å²) in [5, 5.41) is 10.7. The van der Waals surface area contributed by atoms with Crippen LogP contribution < -0.4 is 11.1 Å². The molecule has 14 heavy (non-hydrogen) atoms. The molecule has 0 amide bonds. The van der Waals surface area contributed by atoms with Crippen LogP contribution >= 0.6 is 0 Å². The van der Waals surface area contributed by atoms with Crippen molar-refractivity contribution < 1.29 is 0 Å². The van der Waals surface area contributed by atoms with Gasteiger partial charge in [-0.15, -0.1) is 5.10 Å². The first kappa shape index (κ1) is 8.82. The Morgan fingerprint density at radius 1 is 1.57 bits per heavy atom. The average molecular weight is 193 g/mol. The maximum Gasteiger partial charge on any atom is 0.224 e. The fourth-order valence-electron chi connectivity index (χ4n) is 1.10. The zero-order chi connectivity index (χ0) is 9.97. The van der Waals surface area contributed by atoms with Crippen molar-refractivity contribution in [3.63, 3.8) is 0 Å². The van der Waals surface area contributed by atoms with E-state index >= 15 is 0 Å². The molecule has 0 aliphatic heterocycles. The molecule has 0 radical (unpaired) electrons. The van der Waals surface area contributed by atoms with Crippen LogP contribution in [0.15, 0.2) is 6.20 Å². The number of nitrogens with zero attached hydrogens (tertiary/aromatic N) is 5. The average Bonchev–Trinajstić information content (AvgIpc) is 2.57. The Kier molecular flexibility index (Phi) is 2.23. The van der Waals surface area contributed by atoms with Crippen LogP contribution in [0, 0.1) is 0 Å². The Morgan fingerprint density at radius 3 is 3.21 bits per heavy atom. The van der Waals surface area contributed by atoms with Crippen molar-refractivity contribution in [1.29, 1.82) is 0 Å². The van der Waals surface area contributed by atoms with Crippen LogP contribution in [0.1, 0.15) is 0 Å². The minimum atomic E-state index is 0.547. The number of hydrogen-bond acceptors (Lipinski definition) is 6. The quantitative estimate of drug-likeness (QED) is 0.658. The predicted molar refractivity (Wildman–Crippen MR) is 51.6 cm³/mol. The number of fused-ring (bicyclic) bond motifs is 1. The summed E-state index contributed by atoms with van der Waals surface area (Å²) in [5.74, 6) is 0.549. The van der Waals surface area contributed by atoms with Gasteiger partial charge in [-0.25, -0.2) is 9.67 Å². The molecule has 2 aromatic rings. The molecule has 2 heterocycles. The maximum absolute atomic E-state index is 5.35. The number of anilines is 1. The van der Waals surface area contributed by atoms with Crippen molar-refractivity contribution in [3.8, 4) is 0 Å². The van der Waals surface area contributed by atoms with E-state index < -0.39 is 0 Å². The molecule has 2 aromatic heterocycles. The third-order valence-corrected chi connectivity index (χ3v) is 1.77. The molecule has 3 N–H and O–H groups in total. The first-order chi connectivity index (χ1) is 6.81. The van der Waals surface area contributed by atoms with E-state index in [0.717, 1.165) is 0 Å². The molecule has 0 fully saturated rings. The molecule has 0 atom stereocenters. The summed E-state index contributed by atoms with van der Waals surface area (Å²) in [6.07, 6.45) is 1.63. The highest BCUT2D eigenvalue weighted by molar-refractivity contribution is 5.69. The molecule has 0 aliphatic rings. The van der Waals surface area contributed by atoms with Gasteiger partial charge in [0.15, 0.2) is 11.2 Å². The highest BCUT2D eigenvalue weighted by Crippen LogP contribution is 2.07. The number of nitrogens with one attached hydrogen (secondary N) is 1. The van der Waals surface area contributed by atoms with Crippen molar-refractivity contribution in [3.05, 3.63) is 6.20 Å². The van der Waals surface area contributed by atoms with Gasteiger partial charge in [-0.1, -0.05) is 5.21 Å². The number of aromatic nitrogens is 5. The van der Waals surface area contributed by atoms with Crippen molar-refractivity contribution in [2.45, 2.75) is 0 Å². The lowest BCUT2D eigenvalue weighted by atomic mass is 10.5. The lowest BCUT2D eigenvalue weighted by Gasteiger charge is -2.01. The Bertz CT molecular complexity index is 435. The summed E-state index contributed by atoms with van der Waals surface area (Å²) < 4.78 is 1.60. The third kappa shape index (κ3) is 1.49. The SMILES string of the molecule is Cn1nnc2cnc(NCCN)nc21. The summed E-state index contributed by atoms with van der Waals surface area (Å²) in [5.41, 5.74) is 6.74. The second-order valence-electron chi connectivity index (χ2n) is 2.83. The van der Waals surface area contributed by atoms with Crippen LogP contribution in [0.3, 0.4) is 0 Å². The van der Waals surface area contributed by atoms with E-state index in [1.807, 2.05) is 0 Å². The van der Waals surface area contributed by atoms with Gasteiger partial charge in [-0.3, -0.25) is 0 Å². The molecule has 0 unspecified atom stereocenters. The van der Waals surface area contributed by atoms with Crippen LogP contribution in [0.4, 0.5) is 5.95 Å². The zero-order valence-corrected chi connectivity index (χ0v) is 7.80. The summed E-state index contributed by atoms with van der Waals surface area (Å²) >= 11 is 0. The van der Waals surface area contributed by atoms with Gasteiger partial charge in [0.2, 0.25) is 5.95 Å². The van der Waals surface area contributed by atoms with E-state index in [4.69, 9.17) is 5.73 Å². The molecule has 0 saturated heterocycles. The lowest BCUT2D eigenvalue weighted by Crippen LogP contribution is -2.14. The lowest BCUT2D eigenvalue weighted by molar-refractivity contribution is 0.729. The third-order valence-electron chi connectivity index (χ3n) is 1.77. The first-order valence-electron chi connectivity index (χ1n) is 4.27. The summed E-state index contributed by atoms with van der Waals surface area (Å²) in [6, 6.07) is 0. The predicted octanol–water partition coefficient (Wildman–Crippen LogP) is -0.871. The second kappa shape index (κ2) is 3.54. The van der Waals surface area contributed by atoms with E-state index in [9.17, 15) is 0 Å². The fourth-order valence-corrected chi connectivity index (χ4v) is 1.10. The van der Waals surface area contributed by atoms with Gasteiger partial charge in [0.25, 0.3) is 0 Å². The normalized spacial score (nSPS) is 10.7. The van der Waals surface area contributed by atoms with Crippen LogP contribution in [0.5, 0.6) is 0 Å². The Balaban J connectivity index is 2.34. The summed E-state index contributed by atoms with van der Waals surface area (Å²) in [6.45, 7) is 1.20. The molecule has 2 rings (SSSR count). The smallest absolute Gasteiger partial charge is 0.224 e. The van der Waals surface area contributed by atoms with Crippen LogP contribution in [0.2, 0.25) is 0 Å². The first-order valence-corrected chi connectivity index (χ1v) is 4.27. The molecule has 0 spiro atoms. The van der Waals surface area contributed by atoms with Crippen LogP contribution in [-0.4, -0.2) is 38.1 Å². The molecule has 0 saturated carbocycles. The Morgan fingerprint density at radius 2 is 2.43 bits per heavy atom. The van der Waals surface area contributed by atoms with Gasteiger partial charge in [-0.05, 0) is 0 Å². The van der Waals surface area contributed by atoms with Gasteiger partial charge < -0.3 is 11.1 Å². The molecule has 7 nitrogen and oxygen atoms in total. The molecule has 0 aliphatic carbocycles. The molecule has 74 valence electrons. The van der Waals surface area contributed by atoms with E-state index in [1.165, 1.54) is 0 Å². The summed E-state index contributed by atoms with van der Waals surface area (Å²) in [4.78, 5) is 8.30. The highest BCUT2D eigenvalue weighted by Gasteiger charge is 2.04. The van der Waals surface area contributed by atoms with Crippen LogP contribution in [-0.2, 0) is 7.05 Å². The van der Waals surface area contributed by atoms with E-state index in [1.54, 1.807) is 17.9 Å². The molecule has 0 aromatic carbocycles. The second-order valence-corrected chi connectivity index (χ2v) is 2.83. The molecular formula is C7H11N7. The van der Waals surface area contributed by atoms with E-state index in [0.29, 0.717) is 30.2 Å². The topological polar surface area (TPSA) is 94.5 Å². The van der Waals surface area contributed by atoms with Gasteiger partial charge in [0, 0.05) is 20.1 Å². The number of nitrogens with two attached hydrogens (primary N) is 1. The van der Waals surface area contributed by atoms with Crippen molar-refractivity contribution in [1.82, 2.24) is 25.0 Å². The van der Waals surface area contributed by atoms with Crippen molar-refractivity contribution in [2.24, 2.45) is 12.8 Å². The Labute approximate surface area is 80.3 Å². The van der Waals surface area contributed by atoms with Gasteiger partial charge >= 0.3 is 0 Å². The van der Waals surface area contributed by atoms with Gasteiger partial charge in [-0.2, -0.15) is 4.98 Å². The van der Waals surface area contributed by atoms with Gasteiger partial charge in [0.05, 0.1) is 6.20 Å². The molecule has 7 heteroatoms. The van der Waals surface area contributed by atoms with Crippen LogP contribution in [0.25, 0.3) is 11.2 Å². The van der Waals surface area contributed by atoms with E-state index in [-0.39, 0.29) is 0 Å². The fraction of sp³-hybridized carbons (Fsp3) is 0.429. The largest absolute Gasteiger partial charge is 0.353 e. The zero-order valence-electron chi connectivity index (χ0n) is 7.80. The highest BCUT2D eigenvalue weighted by atomic mass is 15.4. The minimum absolute atomic E-state index is 0.547. The number of hydrogen-bond donors (Lipinski definition) is 2. The molecular weight excluding hydrogens is 182 g/mol. The van der Waals surface area contributed by atoms with Crippen molar-refractivity contribution in [2.75, 3.05) is 18.4 Å². The summed E-state index contributed by atoms with van der Waals surface area (Å²) in [7, 11) is 1.79. The standard InChI is InChI=1S/C7H11N7/c1-14-6-5(12-13-14)4-10-7(11-6)9-3-2-8/h4H,2-3,8H2,1H3,(H,9,10,11). The number of rotatable bonds is 3. The Hall–Kier alpha value is -1.76. The minimum Gasteiger partial charge on any atom is -0.353 e. The van der Waals surface area contributed by atoms with Crippen molar-refractivity contribution >= 4 is 17.1 Å². The monoisotopic (exact) mass is 193 g/mol.